The largest absolute Gasteiger partial charge is 0.271 e. The number of rotatable bonds is 5. The minimum absolute atomic E-state index is 0.0123. The Hall–Kier alpha value is -1.06. The molecule has 1 atom stereocenters. The van der Waals surface area contributed by atoms with Gasteiger partial charge in [0, 0.05) is 16.1 Å². The van der Waals surface area contributed by atoms with Crippen molar-refractivity contribution >= 4 is 23.2 Å². The van der Waals surface area contributed by atoms with Gasteiger partial charge in [-0.15, -0.1) is 0 Å². The molecule has 106 valence electrons. The Bertz CT molecular complexity index is 584. The van der Waals surface area contributed by atoms with Crippen molar-refractivity contribution in [1.82, 2.24) is 5.43 Å². The van der Waals surface area contributed by atoms with Crippen molar-refractivity contribution in [2.24, 2.45) is 5.84 Å². The molecule has 2 nitrogen and oxygen atoms in total. The van der Waals surface area contributed by atoms with E-state index >= 15 is 0 Å². The van der Waals surface area contributed by atoms with E-state index < -0.39 is 0 Å². The zero-order valence-electron chi connectivity index (χ0n) is 11.4. The third kappa shape index (κ3) is 3.97. The van der Waals surface area contributed by atoms with Crippen molar-refractivity contribution in [2.45, 2.75) is 25.8 Å². The average Bonchev–Trinajstić information content (AvgIpc) is 2.43. The molecule has 0 heterocycles. The summed E-state index contributed by atoms with van der Waals surface area (Å²) in [6, 6.07) is 13.9. The molecule has 0 radical (unpaired) electrons. The van der Waals surface area contributed by atoms with Gasteiger partial charge >= 0.3 is 0 Å². The molecule has 0 aliphatic heterocycles. The lowest BCUT2D eigenvalue weighted by Gasteiger charge is -2.18. The summed E-state index contributed by atoms with van der Waals surface area (Å²) in [6.07, 6.45) is 1.79. The Morgan fingerprint density at radius 2 is 1.95 bits per heavy atom. The van der Waals surface area contributed by atoms with E-state index in [0.717, 1.165) is 18.4 Å². The first kappa shape index (κ1) is 15.3. The lowest BCUT2D eigenvalue weighted by Crippen LogP contribution is -2.28. The zero-order chi connectivity index (χ0) is 14.5. The van der Waals surface area contributed by atoms with Gasteiger partial charge in [-0.1, -0.05) is 53.0 Å². The van der Waals surface area contributed by atoms with Gasteiger partial charge in [0.15, 0.2) is 0 Å². The van der Waals surface area contributed by atoms with Gasteiger partial charge in [0.25, 0.3) is 0 Å². The maximum absolute atomic E-state index is 6.22. The van der Waals surface area contributed by atoms with Gasteiger partial charge in [-0.2, -0.15) is 0 Å². The van der Waals surface area contributed by atoms with Gasteiger partial charge in [-0.3, -0.25) is 11.3 Å². The van der Waals surface area contributed by atoms with Crippen LogP contribution in [0.15, 0.2) is 42.5 Å². The quantitative estimate of drug-likeness (QED) is 0.633. The second kappa shape index (κ2) is 7.09. The summed E-state index contributed by atoms with van der Waals surface area (Å²) in [5, 5.41) is 1.35. The third-order valence-corrected chi connectivity index (χ3v) is 3.92. The van der Waals surface area contributed by atoms with Crippen molar-refractivity contribution < 1.29 is 0 Å². The van der Waals surface area contributed by atoms with Crippen molar-refractivity contribution in [1.29, 1.82) is 0 Å². The van der Waals surface area contributed by atoms with Crippen LogP contribution in [0.5, 0.6) is 0 Å². The number of hydrazine groups is 1. The van der Waals surface area contributed by atoms with Crippen molar-refractivity contribution in [3.63, 3.8) is 0 Å². The van der Waals surface area contributed by atoms with Crippen LogP contribution < -0.4 is 11.3 Å². The fraction of sp³-hybridized carbons (Fsp3) is 0.250. The summed E-state index contributed by atoms with van der Waals surface area (Å²) in [4.78, 5) is 0. The average molecular weight is 309 g/mol. The molecule has 0 aliphatic carbocycles. The van der Waals surface area contributed by atoms with Crippen LogP contribution in [0.4, 0.5) is 0 Å². The number of aryl methyl sites for hydroxylation is 2. The molecule has 0 aromatic heterocycles. The molecule has 0 bridgehead atoms. The first-order chi connectivity index (χ1) is 9.60. The van der Waals surface area contributed by atoms with Crippen LogP contribution in [0.2, 0.25) is 10.0 Å². The number of hydrogen-bond acceptors (Lipinski definition) is 2. The summed E-state index contributed by atoms with van der Waals surface area (Å²) in [5.41, 5.74) is 6.33. The molecule has 0 saturated heterocycles. The zero-order valence-corrected chi connectivity index (χ0v) is 12.9. The summed E-state index contributed by atoms with van der Waals surface area (Å²) in [6.45, 7) is 2.09. The smallest absolute Gasteiger partial charge is 0.0478 e. The maximum Gasteiger partial charge on any atom is 0.0478 e. The molecule has 0 aliphatic rings. The van der Waals surface area contributed by atoms with E-state index in [1.54, 1.807) is 12.1 Å². The Kier molecular flexibility index (Phi) is 5.44. The van der Waals surface area contributed by atoms with E-state index in [4.69, 9.17) is 29.0 Å². The highest BCUT2D eigenvalue weighted by Crippen LogP contribution is 2.28. The predicted octanol–water partition coefficient (Wildman–Crippen LogP) is 4.44. The van der Waals surface area contributed by atoms with Gasteiger partial charge in [0.05, 0.1) is 0 Å². The van der Waals surface area contributed by atoms with E-state index in [1.807, 2.05) is 6.07 Å². The molecular formula is C16H18Cl2N2. The molecule has 2 aromatic carbocycles. The number of nitrogens with two attached hydrogens (primary N) is 1. The highest BCUT2D eigenvalue weighted by Gasteiger charge is 2.14. The highest BCUT2D eigenvalue weighted by molar-refractivity contribution is 6.33. The normalized spacial score (nSPS) is 12.4. The van der Waals surface area contributed by atoms with E-state index in [2.05, 4.69) is 36.6 Å². The first-order valence-electron chi connectivity index (χ1n) is 6.57. The first-order valence-corrected chi connectivity index (χ1v) is 7.32. The molecule has 0 spiro atoms. The van der Waals surface area contributed by atoms with Gasteiger partial charge in [0.2, 0.25) is 0 Å². The molecule has 0 amide bonds. The standard InChI is InChI=1S/C16H18Cl2N2/c1-11-3-2-4-12(9-11)5-8-16(20-19)14-10-13(17)6-7-15(14)18/h2-4,6-7,9-10,16,20H,5,8,19H2,1H3. The van der Waals surface area contributed by atoms with Gasteiger partial charge < -0.3 is 0 Å². The monoisotopic (exact) mass is 308 g/mol. The second-order valence-electron chi connectivity index (χ2n) is 4.91. The van der Waals surface area contributed by atoms with E-state index in [1.165, 1.54) is 11.1 Å². The molecular weight excluding hydrogens is 291 g/mol. The Morgan fingerprint density at radius 3 is 2.65 bits per heavy atom. The molecule has 0 fully saturated rings. The summed E-state index contributed by atoms with van der Waals surface area (Å²) < 4.78 is 0. The predicted molar refractivity (Wildman–Crippen MR) is 86.0 cm³/mol. The van der Waals surface area contributed by atoms with Crippen molar-refractivity contribution in [3.8, 4) is 0 Å². The highest BCUT2D eigenvalue weighted by atomic mass is 35.5. The molecule has 2 aromatic rings. The van der Waals surface area contributed by atoms with Crippen LogP contribution in [0.1, 0.15) is 29.2 Å². The van der Waals surface area contributed by atoms with Gasteiger partial charge in [0.1, 0.15) is 0 Å². The number of hydrogen-bond donors (Lipinski definition) is 2. The Balaban J connectivity index is 2.11. The lowest BCUT2D eigenvalue weighted by molar-refractivity contribution is 0.516. The van der Waals surface area contributed by atoms with Crippen LogP contribution >= 0.6 is 23.2 Å². The lowest BCUT2D eigenvalue weighted by atomic mass is 9.98. The fourth-order valence-electron chi connectivity index (χ4n) is 2.29. The van der Waals surface area contributed by atoms with E-state index in [9.17, 15) is 0 Å². The Labute approximate surface area is 129 Å². The number of nitrogens with one attached hydrogen (secondary N) is 1. The molecule has 1 unspecified atom stereocenters. The molecule has 0 saturated carbocycles. The van der Waals surface area contributed by atoms with Crippen LogP contribution in [0, 0.1) is 6.92 Å². The number of halogens is 2. The number of benzene rings is 2. The van der Waals surface area contributed by atoms with Crippen LogP contribution in [0.25, 0.3) is 0 Å². The second-order valence-corrected chi connectivity index (χ2v) is 5.76. The summed E-state index contributed by atoms with van der Waals surface area (Å²) in [5.74, 6) is 5.67. The summed E-state index contributed by atoms with van der Waals surface area (Å²) >= 11 is 12.3. The minimum atomic E-state index is -0.0123. The van der Waals surface area contributed by atoms with Crippen molar-refractivity contribution in [3.05, 3.63) is 69.2 Å². The van der Waals surface area contributed by atoms with Crippen LogP contribution in [-0.4, -0.2) is 0 Å². The Morgan fingerprint density at radius 1 is 1.15 bits per heavy atom. The molecule has 4 heteroatoms. The van der Waals surface area contributed by atoms with E-state index in [0.29, 0.717) is 10.0 Å². The van der Waals surface area contributed by atoms with Gasteiger partial charge in [-0.05, 0) is 49.1 Å². The maximum atomic E-state index is 6.22. The summed E-state index contributed by atoms with van der Waals surface area (Å²) in [7, 11) is 0. The minimum Gasteiger partial charge on any atom is -0.271 e. The van der Waals surface area contributed by atoms with Gasteiger partial charge in [-0.25, -0.2) is 0 Å². The van der Waals surface area contributed by atoms with Crippen molar-refractivity contribution in [2.75, 3.05) is 0 Å². The SMILES string of the molecule is Cc1cccc(CCC(NN)c2cc(Cl)ccc2Cl)c1. The topological polar surface area (TPSA) is 38.0 Å². The van der Waals surface area contributed by atoms with E-state index in [-0.39, 0.29) is 6.04 Å². The molecule has 20 heavy (non-hydrogen) atoms. The fourth-order valence-corrected chi connectivity index (χ4v) is 2.72. The van der Waals surface area contributed by atoms with Crippen LogP contribution in [0.3, 0.4) is 0 Å². The third-order valence-electron chi connectivity index (χ3n) is 3.34. The molecule has 2 rings (SSSR count). The molecule has 3 N–H and O–H groups in total. The van der Waals surface area contributed by atoms with Crippen LogP contribution in [-0.2, 0) is 6.42 Å².